The third-order valence-electron chi connectivity index (χ3n) is 3.52. The molecule has 0 radical (unpaired) electrons. The lowest BCUT2D eigenvalue weighted by molar-refractivity contribution is 0.0994. The number of nitrogens with two attached hydrogens (primary N) is 1. The van der Waals surface area contributed by atoms with Gasteiger partial charge in [0.25, 0.3) is 0 Å². The van der Waals surface area contributed by atoms with E-state index >= 15 is 0 Å². The molecule has 1 aromatic heterocycles. The summed E-state index contributed by atoms with van der Waals surface area (Å²) >= 11 is 0. The predicted molar refractivity (Wildman–Crippen MR) is 63.7 cm³/mol. The summed E-state index contributed by atoms with van der Waals surface area (Å²) in [5, 5.41) is 9.16. The van der Waals surface area contributed by atoms with E-state index < -0.39 is 10.0 Å². The van der Waals surface area contributed by atoms with E-state index in [-0.39, 0.29) is 16.8 Å². The topological polar surface area (TPSA) is 90.5 Å². The largest absolute Gasteiger partial charge is 0.475 e. The Balaban J connectivity index is 1.84. The lowest BCUT2D eigenvalue weighted by Gasteiger charge is -2.31. The van der Waals surface area contributed by atoms with Gasteiger partial charge in [0.05, 0.1) is 18.8 Å². The molecule has 1 fully saturated rings. The Morgan fingerprint density at radius 3 is 2.78 bits per heavy atom. The van der Waals surface area contributed by atoms with Crippen LogP contribution in [0.2, 0.25) is 0 Å². The minimum absolute atomic E-state index is 0.0256. The first-order valence-corrected chi connectivity index (χ1v) is 7.56. The van der Waals surface area contributed by atoms with Gasteiger partial charge in [0.2, 0.25) is 15.9 Å². The molecule has 8 heteroatoms. The van der Waals surface area contributed by atoms with Crippen molar-refractivity contribution in [3.8, 4) is 5.88 Å². The van der Waals surface area contributed by atoms with Crippen LogP contribution in [0.1, 0.15) is 12.8 Å². The second-order valence-corrected chi connectivity index (χ2v) is 6.28. The van der Waals surface area contributed by atoms with Gasteiger partial charge >= 0.3 is 0 Å². The van der Waals surface area contributed by atoms with Crippen LogP contribution >= 0.6 is 0 Å². The maximum Gasteiger partial charge on any atom is 0.245 e. The Kier molecular flexibility index (Phi) is 2.80. The molecule has 0 bridgehead atoms. The van der Waals surface area contributed by atoms with Gasteiger partial charge in [-0.15, -0.1) is 0 Å². The standard InChI is InChI=1S/C10H16N4O3S/c11-18(15,16)9-5-12-14-6-8(7-17-10(9)14)13-3-1-2-4-13/h5,8H,1-4,6-7H2,(H2,11,15,16). The second-order valence-electron chi connectivity index (χ2n) is 4.75. The van der Waals surface area contributed by atoms with Crippen LogP contribution in [0.4, 0.5) is 0 Å². The van der Waals surface area contributed by atoms with Gasteiger partial charge in [-0.1, -0.05) is 0 Å². The molecular weight excluding hydrogens is 256 g/mol. The molecule has 2 aliphatic heterocycles. The van der Waals surface area contributed by atoms with Gasteiger partial charge < -0.3 is 4.74 Å². The summed E-state index contributed by atoms with van der Waals surface area (Å²) in [7, 11) is -3.76. The summed E-state index contributed by atoms with van der Waals surface area (Å²) in [5.41, 5.74) is 0. The second kappa shape index (κ2) is 4.22. The highest BCUT2D eigenvalue weighted by Gasteiger charge is 2.31. The SMILES string of the molecule is NS(=O)(=O)c1cnn2c1OCC(N1CCCC1)C2. The van der Waals surface area contributed by atoms with E-state index in [1.54, 1.807) is 4.68 Å². The zero-order chi connectivity index (χ0) is 12.8. The molecule has 1 unspecified atom stereocenters. The molecule has 100 valence electrons. The van der Waals surface area contributed by atoms with E-state index in [9.17, 15) is 8.42 Å². The van der Waals surface area contributed by atoms with Crippen LogP contribution in [-0.2, 0) is 16.6 Å². The van der Waals surface area contributed by atoms with Crippen LogP contribution in [0.3, 0.4) is 0 Å². The van der Waals surface area contributed by atoms with Crippen LogP contribution in [0.15, 0.2) is 11.1 Å². The summed E-state index contributed by atoms with van der Waals surface area (Å²) < 4.78 is 29.8. The van der Waals surface area contributed by atoms with E-state index in [2.05, 4.69) is 10.00 Å². The summed E-state index contributed by atoms with van der Waals surface area (Å²) in [5.74, 6) is 0.271. The molecule has 0 amide bonds. The minimum Gasteiger partial charge on any atom is -0.475 e. The fraction of sp³-hybridized carbons (Fsp3) is 0.700. The molecule has 0 spiro atoms. The zero-order valence-corrected chi connectivity index (χ0v) is 10.8. The molecule has 7 nitrogen and oxygen atoms in total. The van der Waals surface area contributed by atoms with Gasteiger partial charge in [-0.2, -0.15) is 5.10 Å². The van der Waals surface area contributed by atoms with Gasteiger partial charge in [-0.25, -0.2) is 18.2 Å². The number of fused-ring (bicyclic) bond motifs is 1. The van der Waals surface area contributed by atoms with Crippen molar-refractivity contribution in [2.45, 2.75) is 30.3 Å². The molecular formula is C10H16N4O3S. The average molecular weight is 272 g/mol. The van der Waals surface area contributed by atoms with Crippen LogP contribution in [0.25, 0.3) is 0 Å². The normalized spacial score (nSPS) is 24.8. The first-order chi connectivity index (χ1) is 8.55. The summed E-state index contributed by atoms with van der Waals surface area (Å²) in [6.07, 6.45) is 3.69. The predicted octanol–water partition coefficient (Wildman–Crippen LogP) is -0.613. The van der Waals surface area contributed by atoms with Crippen molar-refractivity contribution in [3.63, 3.8) is 0 Å². The molecule has 3 rings (SSSR count). The first kappa shape index (κ1) is 11.9. The number of nitrogens with zero attached hydrogens (tertiary/aromatic N) is 3. The van der Waals surface area contributed by atoms with Crippen molar-refractivity contribution in [1.29, 1.82) is 0 Å². The molecule has 3 heterocycles. The Hall–Kier alpha value is -1.12. The highest BCUT2D eigenvalue weighted by Crippen LogP contribution is 2.27. The number of hydrogen-bond acceptors (Lipinski definition) is 5. The van der Waals surface area contributed by atoms with Gasteiger partial charge in [-0.05, 0) is 25.9 Å². The molecule has 2 aliphatic rings. The monoisotopic (exact) mass is 272 g/mol. The van der Waals surface area contributed by atoms with Crippen molar-refractivity contribution in [2.24, 2.45) is 5.14 Å². The summed E-state index contributed by atoms with van der Waals surface area (Å²) in [4.78, 5) is 2.34. The summed E-state index contributed by atoms with van der Waals surface area (Å²) in [6.45, 7) is 3.30. The Morgan fingerprint density at radius 2 is 2.11 bits per heavy atom. The van der Waals surface area contributed by atoms with Crippen LogP contribution < -0.4 is 9.88 Å². The number of ether oxygens (including phenoxy) is 1. The van der Waals surface area contributed by atoms with E-state index in [0.717, 1.165) is 13.1 Å². The Bertz CT molecular complexity index is 547. The third kappa shape index (κ3) is 2.00. The van der Waals surface area contributed by atoms with Crippen molar-refractivity contribution < 1.29 is 13.2 Å². The van der Waals surface area contributed by atoms with Crippen molar-refractivity contribution >= 4 is 10.0 Å². The molecule has 1 aromatic rings. The van der Waals surface area contributed by atoms with Gasteiger partial charge in [0.15, 0.2) is 4.90 Å². The lowest BCUT2D eigenvalue weighted by atomic mass is 10.2. The minimum atomic E-state index is -3.76. The number of sulfonamides is 1. The van der Waals surface area contributed by atoms with Crippen LogP contribution in [0.5, 0.6) is 5.88 Å². The van der Waals surface area contributed by atoms with Crippen LogP contribution in [-0.4, -0.2) is 48.8 Å². The maximum absolute atomic E-state index is 11.3. The third-order valence-corrected chi connectivity index (χ3v) is 4.41. The number of primary sulfonamides is 1. The first-order valence-electron chi connectivity index (χ1n) is 6.01. The Labute approximate surface area is 106 Å². The number of aromatic nitrogens is 2. The van der Waals surface area contributed by atoms with Gasteiger partial charge in [0.1, 0.15) is 6.61 Å². The van der Waals surface area contributed by atoms with E-state index in [1.807, 2.05) is 0 Å². The molecule has 2 N–H and O–H groups in total. The van der Waals surface area contributed by atoms with E-state index in [0.29, 0.717) is 13.2 Å². The van der Waals surface area contributed by atoms with Crippen LogP contribution in [0, 0.1) is 0 Å². The zero-order valence-electron chi connectivity index (χ0n) is 9.95. The number of likely N-dealkylation sites (tertiary alicyclic amines) is 1. The van der Waals surface area contributed by atoms with E-state index in [1.165, 1.54) is 19.0 Å². The highest BCUT2D eigenvalue weighted by atomic mass is 32.2. The number of rotatable bonds is 2. The van der Waals surface area contributed by atoms with Gasteiger partial charge in [0, 0.05) is 0 Å². The molecule has 1 atom stereocenters. The molecule has 0 aliphatic carbocycles. The smallest absolute Gasteiger partial charge is 0.245 e. The van der Waals surface area contributed by atoms with Gasteiger partial charge in [-0.3, -0.25) is 4.90 Å². The fourth-order valence-corrected chi connectivity index (χ4v) is 3.18. The maximum atomic E-state index is 11.3. The lowest BCUT2D eigenvalue weighted by Crippen LogP contribution is -2.43. The van der Waals surface area contributed by atoms with E-state index in [4.69, 9.17) is 9.88 Å². The quantitative estimate of drug-likeness (QED) is 0.775. The molecule has 18 heavy (non-hydrogen) atoms. The molecule has 1 saturated heterocycles. The van der Waals surface area contributed by atoms with Crippen molar-refractivity contribution in [2.75, 3.05) is 19.7 Å². The van der Waals surface area contributed by atoms with Crippen molar-refractivity contribution in [1.82, 2.24) is 14.7 Å². The molecule has 0 aromatic carbocycles. The van der Waals surface area contributed by atoms with Crippen molar-refractivity contribution in [3.05, 3.63) is 6.20 Å². The molecule has 0 saturated carbocycles. The number of hydrogen-bond donors (Lipinski definition) is 1. The average Bonchev–Trinajstić information content (AvgIpc) is 2.96. The highest BCUT2D eigenvalue weighted by molar-refractivity contribution is 7.89. The fourth-order valence-electron chi connectivity index (χ4n) is 2.58. The summed E-state index contributed by atoms with van der Waals surface area (Å²) in [6, 6.07) is 0.272. The Morgan fingerprint density at radius 1 is 1.39 bits per heavy atom.